The van der Waals surface area contributed by atoms with Crippen LogP contribution in [0.2, 0.25) is 0 Å². The van der Waals surface area contributed by atoms with Crippen molar-refractivity contribution in [1.29, 1.82) is 0 Å². The van der Waals surface area contributed by atoms with Gasteiger partial charge in [0.05, 0.1) is 17.6 Å². The molecule has 3 rings (SSSR count). The highest BCUT2D eigenvalue weighted by atomic mass is 32.1. The normalized spacial score (nSPS) is 10.9. The van der Waals surface area contributed by atoms with Crippen LogP contribution in [-0.4, -0.2) is 19.1 Å². The third-order valence-electron chi connectivity index (χ3n) is 3.72. The van der Waals surface area contributed by atoms with E-state index in [1.807, 2.05) is 38.1 Å². The van der Waals surface area contributed by atoms with Crippen LogP contribution in [0.25, 0.3) is 20.2 Å². The number of rotatable bonds is 5. The van der Waals surface area contributed by atoms with Gasteiger partial charge in [-0.3, -0.25) is 9.59 Å². The lowest BCUT2D eigenvalue weighted by atomic mass is 10.1. The predicted octanol–water partition coefficient (Wildman–Crippen LogP) is 3.95. The van der Waals surface area contributed by atoms with Gasteiger partial charge in [-0.1, -0.05) is 13.0 Å². The van der Waals surface area contributed by atoms with Crippen molar-refractivity contribution in [3.05, 3.63) is 52.2 Å². The number of hydrogen-bond acceptors (Lipinski definition) is 4. The maximum Gasteiger partial charge on any atom is 0.252 e. The van der Waals surface area contributed by atoms with Crippen molar-refractivity contribution >= 4 is 37.4 Å². The van der Waals surface area contributed by atoms with E-state index in [1.54, 1.807) is 12.1 Å². The Kier molecular flexibility index (Phi) is 4.81. The lowest BCUT2D eigenvalue weighted by Crippen LogP contribution is -2.24. The highest BCUT2D eigenvalue weighted by molar-refractivity contribution is 7.24. The quantitative estimate of drug-likeness (QED) is 0.715. The van der Waals surface area contributed by atoms with Gasteiger partial charge in [0, 0.05) is 21.3 Å². The summed E-state index contributed by atoms with van der Waals surface area (Å²) in [5, 5.41) is 3.85. The Bertz CT molecular complexity index is 962. The standard InChI is InChI=1S/C19H19NO3S/c1-3-10-23-12-8-9-15-14(11-12)18(21)17-13(19(22)20-4-2)6-5-7-16(17)24-15/h5-9,11H,3-4,10H2,1-2H3,(H,20,22). The molecule has 0 unspecified atom stereocenters. The first kappa shape index (κ1) is 16.5. The average molecular weight is 341 g/mol. The zero-order valence-corrected chi connectivity index (χ0v) is 14.5. The zero-order valence-electron chi connectivity index (χ0n) is 13.7. The number of nitrogens with one attached hydrogen (secondary N) is 1. The van der Waals surface area contributed by atoms with Crippen molar-refractivity contribution in [3.8, 4) is 5.75 Å². The molecule has 0 fully saturated rings. The molecule has 0 aliphatic heterocycles. The molecule has 5 heteroatoms. The predicted molar refractivity (Wildman–Crippen MR) is 99.4 cm³/mol. The molecule has 1 heterocycles. The van der Waals surface area contributed by atoms with Gasteiger partial charge in [0.15, 0.2) is 5.43 Å². The molecule has 0 saturated carbocycles. The van der Waals surface area contributed by atoms with Gasteiger partial charge in [-0.15, -0.1) is 11.3 Å². The Morgan fingerprint density at radius 1 is 1.17 bits per heavy atom. The Labute approximate surface area is 144 Å². The summed E-state index contributed by atoms with van der Waals surface area (Å²) in [7, 11) is 0. The maximum atomic E-state index is 13.0. The molecular weight excluding hydrogens is 322 g/mol. The van der Waals surface area contributed by atoms with E-state index in [1.165, 1.54) is 11.3 Å². The van der Waals surface area contributed by atoms with Gasteiger partial charge in [0.2, 0.25) is 0 Å². The summed E-state index contributed by atoms with van der Waals surface area (Å²) in [4.78, 5) is 25.3. The SMILES string of the molecule is CCCOc1ccc2sc3cccc(C(=O)NCC)c3c(=O)c2c1. The lowest BCUT2D eigenvalue weighted by Gasteiger charge is -2.09. The van der Waals surface area contributed by atoms with Crippen LogP contribution in [0.15, 0.2) is 41.2 Å². The number of carbonyl (C=O) groups is 1. The second-order valence-corrected chi connectivity index (χ2v) is 6.56. The Morgan fingerprint density at radius 3 is 2.75 bits per heavy atom. The molecule has 1 amide bonds. The van der Waals surface area contributed by atoms with E-state index in [0.717, 1.165) is 15.8 Å². The van der Waals surface area contributed by atoms with Crippen molar-refractivity contribution in [2.45, 2.75) is 20.3 Å². The van der Waals surface area contributed by atoms with Crippen LogP contribution >= 0.6 is 11.3 Å². The first-order chi connectivity index (χ1) is 11.7. The van der Waals surface area contributed by atoms with Crippen LogP contribution in [0.4, 0.5) is 0 Å². The molecule has 24 heavy (non-hydrogen) atoms. The highest BCUT2D eigenvalue weighted by Gasteiger charge is 2.15. The van der Waals surface area contributed by atoms with Crippen molar-refractivity contribution in [2.75, 3.05) is 13.2 Å². The number of benzene rings is 2. The van der Waals surface area contributed by atoms with Gasteiger partial charge < -0.3 is 10.1 Å². The number of carbonyl (C=O) groups excluding carboxylic acids is 1. The van der Waals surface area contributed by atoms with Gasteiger partial charge in [-0.2, -0.15) is 0 Å². The van der Waals surface area contributed by atoms with Crippen LogP contribution in [-0.2, 0) is 0 Å². The fourth-order valence-corrected chi connectivity index (χ4v) is 3.72. The van der Waals surface area contributed by atoms with Crippen LogP contribution in [0.1, 0.15) is 30.6 Å². The van der Waals surface area contributed by atoms with E-state index >= 15 is 0 Å². The van der Waals surface area contributed by atoms with Crippen LogP contribution in [0, 0.1) is 0 Å². The van der Waals surface area contributed by atoms with E-state index in [4.69, 9.17) is 4.74 Å². The second kappa shape index (κ2) is 7.01. The summed E-state index contributed by atoms with van der Waals surface area (Å²) >= 11 is 1.51. The molecule has 1 N–H and O–H groups in total. The average Bonchev–Trinajstić information content (AvgIpc) is 2.60. The first-order valence-corrected chi connectivity index (χ1v) is 8.88. The van der Waals surface area contributed by atoms with Crippen LogP contribution in [0.5, 0.6) is 5.75 Å². The summed E-state index contributed by atoms with van der Waals surface area (Å²) < 4.78 is 7.34. The highest BCUT2D eigenvalue weighted by Crippen LogP contribution is 2.29. The summed E-state index contributed by atoms with van der Waals surface area (Å²) in [5.41, 5.74) is 0.305. The topological polar surface area (TPSA) is 55.4 Å². The Morgan fingerprint density at radius 2 is 2.00 bits per heavy atom. The van der Waals surface area contributed by atoms with E-state index in [-0.39, 0.29) is 11.3 Å². The van der Waals surface area contributed by atoms with Crippen molar-refractivity contribution in [3.63, 3.8) is 0 Å². The third kappa shape index (κ3) is 2.99. The molecule has 0 saturated heterocycles. The maximum absolute atomic E-state index is 13.0. The summed E-state index contributed by atoms with van der Waals surface area (Å²) in [5.74, 6) is 0.466. The second-order valence-electron chi connectivity index (χ2n) is 5.48. The summed E-state index contributed by atoms with van der Waals surface area (Å²) in [6.07, 6.45) is 0.907. The molecule has 0 radical (unpaired) electrons. The zero-order chi connectivity index (χ0) is 17.1. The van der Waals surface area contributed by atoms with Gasteiger partial charge in [-0.25, -0.2) is 0 Å². The van der Waals surface area contributed by atoms with Crippen molar-refractivity contribution in [1.82, 2.24) is 5.32 Å². The minimum atomic E-state index is -0.217. The smallest absolute Gasteiger partial charge is 0.252 e. The molecular formula is C19H19NO3S. The first-order valence-electron chi connectivity index (χ1n) is 8.06. The largest absolute Gasteiger partial charge is 0.494 e. The molecule has 1 aromatic heterocycles. The molecule has 2 aromatic carbocycles. The number of fused-ring (bicyclic) bond motifs is 2. The summed E-state index contributed by atoms with van der Waals surface area (Å²) in [6, 6.07) is 11.0. The van der Waals surface area contributed by atoms with Gasteiger partial charge in [-0.05, 0) is 43.7 Å². The Hall–Kier alpha value is -2.40. The number of amides is 1. The van der Waals surface area contributed by atoms with Gasteiger partial charge in [0.1, 0.15) is 5.75 Å². The Balaban J connectivity index is 2.25. The van der Waals surface area contributed by atoms with Crippen LogP contribution < -0.4 is 15.5 Å². The molecule has 0 aliphatic rings. The molecule has 4 nitrogen and oxygen atoms in total. The molecule has 0 spiro atoms. The molecule has 124 valence electrons. The fraction of sp³-hybridized carbons (Fsp3) is 0.263. The van der Waals surface area contributed by atoms with E-state index in [2.05, 4.69) is 5.32 Å². The number of ether oxygens (including phenoxy) is 1. The van der Waals surface area contributed by atoms with Crippen molar-refractivity contribution in [2.24, 2.45) is 0 Å². The van der Waals surface area contributed by atoms with E-state index in [9.17, 15) is 9.59 Å². The van der Waals surface area contributed by atoms with Crippen LogP contribution in [0.3, 0.4) is 0 Å². The molecule has 0 bridgehead atoms. The lowest BCUT2D eigenvalue weighted by molar-refractivity contribution is 0.0957. The third-order valence-corrected chi connectivity index (χ3v) is 4.86. The van der Waals surface area contributed by atoms with Gasteiger partial charge in [0.25, 0.3) is 5.91 Å². The van der Waals surface area contributed by atoms with E-state index < -0.39 is 0 Å². The fourth-order valence-electron chi connectivity index (χ4n) is 2.63. The summed E-state index contributed by atoms with van der Waals surface area (Å²) in [6.45, 7) is 5.03. The monoisotopic (exact) mass is 341 g/mol. The minimum absolute atomic E-state index is 0.123. The number of hydrogen-bond donors (Lipinski definition) is 1. The minimum Gasteiger partial charge on any atom is -0.494 e. The van der Waals surface area contributed by atoms with E-state index in [0.29, 0.717) is 35.2 Å². The van der Waals surface area contributed by atoms with Gasteiger partial charge >= 0.3 is 0 Å². The molecule has 0 aliphatic carbocycles. The molecule has 0 atom stereocenters. The molecule has 3 aromatic rings. The van der Waals surface area contributed by atoms with Crippen molar-refractivity contribution < 1.29 is 9.53 Å².